The molecule has 2 unspecified atom stereocenters. The molecule has 1 aromatic rings. The second kappa shape index (κ2) is 11.1. The molecular weight excluding hydrogens is 326 g/mol. The summed E-state index contributed by atoms with van der Waals surface area (Å²) in [6.07, 6.45) is 4.36. The van der Waals surface area contributed by atoms with Crippen LogP contribution in [0.15, 0.2) is 24.3 Å². The number of nitrogens with zero attached hydrogens (tertiary/aromatic N) is 1. The lowest BCUT2D eigenvalue weighted by Gasteiger charge is -2.34. The van der Waals surface area contributed by atoms with Gasteiger partial charge >= 0.3 is 6.03 Å². The fraction of sp³-hybridized carbons (Fsp3) is 0.667. The van der Waals surface area contributed by atoms with Crippen LogP contribution in [0.2, 0.25) is 0 Å². The lowest BCUT2D eigenvalue weighted by Crippen LogP contribution is -2.40. The Morgan fingerprint density at radius 3 is 2.38 bits per heavy atom. The zero-order chi connectivity index (χ0) is 18.8. The molecule has 2 atom stereocenters. The van der Waals surface area contributed by atoms with Gasteiger partial charge in [-0.2, -0.15) is 0 Å². The molecule has 26 heavy (non-hydrogen) atoms. The lowest BCUT2D eigenvalue weighted by atomic mass is 9.92. The predicted octanol–water partition coefficient (Wildman–Crippen LogP) is 3.30. The maximum Gasteiger partial charge on any atom is 0.314 e. The van der Waals surface area contributed by atoms with Crippen LogP contribution in [0.4, 0.5) is 4.79 Å². The Balaban J connectivity index is 1.49. The molecule has 2 amide bonds. The van der Waals surface area contributed by atoms with E-state index in [1.54, 1.807) is 7.11 Å². The first kappa shape index (κ1) is 20.6. The summed E-state index contributed by atoms with van der Waals surface area (Å²) in [6.45, 7) is 9.68. The number of urea groups is 1. The molecule has 5 nitrogen and oxygen atoms in total. The summed E-state index contributed by atoms with van der Waals surface area (Å²) < 4.78 is 5.14. The van der Waals surface area contributed by atoms with Crippen LogP contribution in [0.5, 0.6) is 5.75 Å². The monoisotopic (exact) mass is 361 g/mol. The van der Waals surface area contributed by atoms with Gasteiger partial charge in [0, 0.05) is 26.2 Å². The van der Waals surface area contributed by atoms with Crippen LogP contribution in [0.25, 0.3) is 0 Å². The number of likely N-dealkylation sites (tertiary alicyclic amines) is 1. The first-order valence-electron chi connectivity index (χ1n) is 9.93. The zero-order valence-electron chi connectivity index (χ0n) is 16.6. The molecule has 146 valence electrons. The number of benzene rings is 1. The van der Waals surface area contributed by atoms with E-state index in [2.05, 4.69) is 29.4 Å². The van der Waals surface area contributed by atoms with Crippen molar-refractivity contribution in [1.82, 2.24) is 15.5 Å². The average Bonchev–Trinajstić information content (AvgIpc) is 2.61. The molecule has 1 fully saturated rings. The predicted molar refractivity (Wildman–Crippen MR) is 107 cm³/mol. The fourth-order valence-corrected chi connectivity index (χ4v) is 3.81. The molecule has 0 radical (unpaired) electrons. The second-order valence-electron chi connectivity index (χ2n) is 7.69. The van der Waals surface area contributed by atoms with E-state index in [-0.39, 0.29) is 6.03 Å². The zero-order valence-corrected chi connectivity index (χ0v) is 16.6. The highest BCUT2D eigenvalue weighted by Crippen LogP contribution is 2.20. The van der Waals surface area contributed by atoms with Crippen LogP contribution < -0.4 is 15.4 Å². The van der Waals surface area contributed by atoms with Gasteiger partial charge in [0.1, 0.15) is 5.75 Å². The topological polar surface area (TPSA) is 53.6 Å². The molecule has 5 heteroatoms. The van der Waals surface area contributed by atoms with Crippen LogP contribution in [0.1, 0.15) is 38.7 Å². The molecule has 0 saturated carbocycles. The Hall–Kier alpha value is -1.75. The first-order valence-corrected chi connectivity index (χ1v) is 9.93. The first-order chi connectivity index (χ1) is 12.6. The van der Waals surface area contributed by atoms with Crippen molar-refractivity contribution in [2.45, 2.75) is 39.5 Å². The Kier molecular flexibility index (Phi) is 8.75. The molecule has 2 N–H and O–H groups in total. The van der Waals surface area contributed by atoms with Gasteiger partial charge in [0.2, 0.25) is 0 Å². The number of rotatable bonds is 9. The van der Waals surface area contributed by atoms with Gasteiger partial charge in [0.25, 0.3) is 0 Å². The van der Waals surface area contributed by atoms with Crippen LogP contribution in [0.3, 0.4) is 0 Å². The quantitative estimate of drug-likeness (QED) is 0.664. The van der Waals surface area contributed by atoms with Crippen molar-refractivity contribution in [3.8, 4) is 5.75 Å². The normalized spacial score (nSPS) is 20.6. The summed E-state index contributed by atoms with van der Waals surface area (Å²) in [5.41, 5.74) is 1.19. The molecular formula is C21H35N3O2. The number of methoxy groups -OCH3 is 1. The molecule has 1 heterocycles. The minimum atomic E-state index is -0.0706. The van der Waals surface area contributed by atoms with Gasteiger partial charge in [0.05, 0.1) is 7.11 Å². The number of piperidine rings is 1. The number of amides is 2. The van der Waals surface area contributed by atoms with Gasteiger partial charge in [-0.15, -0.1) is 0 Å². The average molecular weight is 362 g/mol. The Morgan fingerprint density at radius 1 is 1.08 bits per heavy atom. The van der Waals surface area contributed by atoms with E-state index < -0.39 is 0 Å². The van der Waals surface area contributed by atoms with Crippen LogP contribution >= 0.6 is 0 Å². The number of unbranched alkanes of at least 4 members (excludes halogenated alkanes) is 1. The van der Waals surface area contributed by atoms with Crippen molar-refractivity contribution in [1.29, 1.82) is 0 Å². The molecule has 1 saturated heterocycles. The van der Waals surface area contributed by atoms with E-state index in [0.717, 1.165) is 49.9 Å². The summed E-state index contributed by atoms with van der Waals surface area (Å²) in [7, 11) is 1.66. The van der Waals surface area contributed by atoms with E-state index in [1.807, 2.05) is 24.3 Å². The summed E-state index contributed by atoms with van der Waals surface area (Å²) in [5.74, 6) is 2.48. The number of carbonyl (C=O) groups is 1. The van der Waals surface area contributed by atoms with E-state index >= 15 is 0 Å². The van der Waals surface area contributed by atoms with Crippen LogP contribution in [-0.2, 0) is 6.42 Å². The smallest absolute Gasteiger partial charge is 0.314 e. The third-order valence-electron chi connectivity index (χ3n) is 4.99. The van der Waals surface area contributed by atoms with Crippen molar-refractivity contribution in [3.05, 3.63) is 29.8 Å². The van der Waals surface area contributed by atoms with Crippen LogP contribution in [0, 0.1) is 11.8 Å². The Labute approximate surface area is 158 Å². The van der Waals surface area contributed by atoms with Crippen molar-refractivity contribution < 1.29 is 9.53 Å². The highest BCUT2D eigenvalue weighted by Gasteiger charge is 2.20. The van der Waals surface area contributed by atoms with Gasteiger partial charge in [0.15, 0.2) is 0 Å². The third-order valence-corrected chi connectivity index (χ3v) is 4.99. The number of hydrogen-bond donors (Lipinski definition) is 2. The molecule has 1 aromatic carbocycles. The van der Waals surface area contributed by atoms with E-state index in [9.17, 15) is 4.79 Å². The van der Waals surface area contributed by atoms with E-state index in [0.29, 0.717) is 6.54 Å². The minimum Gasteiger partial charge on any atom is -0.497 e. The Morgan fingerprint density at radius 2 is 1.73 bits per heavy atom. The molecule has 0 aliphatic carbocycles. The molecule has 0 aromatic heterocycles. The fourth-order valence-electron chi connectivity index (χ4n) is 3.81. The summed E-state index contributed by atoms with van der Waals surface area (Å²) >= 11 is 0. The maximum atomic E-state index is 11.8. The summed E-state index contributed by atoms with van der Waals surface area (Å²) in [6, 6.07) is 7.87. The summed E-state index contributed by atoms with van der Waals surface area (Å²) in [5, 5.41) is 5.87. The second-order valence-corrected chi connectivity index (χ2v) is 7.69. The minimum absolute atomic E-state index is 0.0706. The van der Waals surface area contributed by atoms with Gasteiger partial charge in [-0.1, -0.05) is 26.0 Å². The molecule has 2 rings (SSSR count). The molecule has 1 aliphatic heterocycles. The molecule has 0 bridgehead atoms. The third kappa shape index (κ3) is 7.65. The summed E-state index contributed by atoms with van der Waals surface area (Å²) in [4.78, 5) is 14.4. The van der Waals surface area contributed by atoms with Crippen molar-refractivity contribution in [2.24, 2.45) is 11.8 Å². The standard InChI is InChI=1S/C21H35N3O2/c1-17-14-18(2)16-24(15-17)13-5-4-11-22-21(25)23-12-10-19-6-8-20(26-3)9-7-19/h6-9,17-18H,4-5,10-16H2,1-3H3,(H2,22,23,25). The largest absolute Gasteiger partial charge is 0.497 e. The van der Waals surface area contributed by atoms with E-state index in [4.69, 9.17) is 4.74 Å². The SMILES string of the molecule is COc1ccc(CCNC(=O)NCCCCN2CC(C)CC(C)C2)cc1. The number of nitrogens with one attached hydrogen (secondary N) is 2. The number of hydrogen-bond acceptors (Lipinski definition) is 3. The molecule has 0 spiro atoms. The van der Waals surface area contributed by atoms with Crippen molar-refractivity contribution in [3.63, 3.8) is 0 Å². The van der Waals surface area contributed by atoms with Gasteiger partial charge in [-0.3, -0.25) is 0 Å². The Bertz CT molecular complexity index is 523. The highest BCUT2D eigenvalue weighted by atomic mass is 16.5. The van der Waals surface area contributed by atoms with Crippen molar-refractivity contribution in [2.75, 3.05) is 39.8 Å². The van der Waals surface area contributed by atoms with Gasteiger partial charge < -0.3 is 20.3 Å². The van der Waals surface area contributed by atoms with Gasteiger partial charge in [-0.25, -0.2) is 4.79 Å². The number of ether oxygens (including phenoxy) is 1. The molecule has 1 aliphatic rings. The maximum absolute atomic E-state index is 11.8. The number of carbonyl (C=O) groups excluding carboxylic acids is 1. The lowest BCUT2D eigenvalue weighted by molar-refractivity contribution is 0.139. The van der Waals surface area contributed by atoms with E-state index in [1.165, 1.54) is 25.1 Å². The highest BCUT2D eigenvalue weighted by molar-refractivity contribution is 5.73. The van der Waals surface area contributed by atoms with Crippen LogP contribution in [-0.4, -0.2) is 50.8 Å². The van der Waals surface area contributed by atoms with Gasteiger partial charge in [-0.05, 0) is 61.8 Å². The van der Waals surface area contributed by atoms with Crippen molar-refractivity contribution >= 4 is 6.03 Å².